The molecule has 188 valence electrons. The maximum Gasteiger partial charge on any atom is 0.282 e. The lowest BCUT2D eigenvalue weighted by Crippen LogP contribution is -2.35. The molecule has 3 amide bonds. The minimum Gasteiger partial charge on any atom is -0.493 e. The summed E-state index contributed by atoms with van der Waals surface area (Å²) in [5.74, 6) is -0.549. The maximum absolute atomic E-state index is 13.0. The number of benzene rings is 3. The minimum atomic E-state index is -0.508. The summed E-state index contributed by atoms with van der Waals surface area (Å²) >= 11 is 0. The molecule has 1 fully saturated rings. The normalized spacial score (nSPS) is 13.9. The largest absolute Gasteiger partial charge is 0.493 e. The molecule has 37 heavy (non-hydrogen) atoms. The van der Waals surface area contributed by atoms with Crippen LogP contribution in [0.3, 0.4) is 0 Å². The maximum atomic E-state index is 13.0. The molecule has 3 aromatic rings. The van der Waals surface area contributed by atoms with Crippen LogP contribution < -0.4 is 25.2 Å². The van der Waals surface area contributed by atoms with Gasteiger partial charge in [0, 0.05) is 11.3 Å². The van der Waals surface area contributed by atoms with E-state index in [1.165, 1.54) is 18.2 Å². The Kier molecular flexibility index (Phi) is 7.68. The van der Waals surface area contributed by atoms with Crippen molar-refractivity contribution in [2.75, 3.05) is 24.0 Å². The summed E-state index contributed by atoms with van der Waals surface area (Å²) in [4.78, 5) is 38.0. The number of hydrogen-bond acceptors (Lipinski definition) is 5. The molecule has 0 radical (unpaired) electrons. The highest BCUT2D eigenvalue weighted by Crippen LogP contribution is 2.35. The van der Waals surface area contributed by atoms with Crippen molar-refractivity contribution < 1.29 is 23.9 Å². The molecular formula is C29H27N3O5. The van der Waals surface area contributed by atoms with Crippen molar-refractivity contribution >= 4 is 35.2 Å². The van der Waals surface area contributed by atoms with Gasteiger partial charge in [0.15, 0.2) is 18.1 Å². The van der Waals surface area contributed by atoms with Crippen LogP contribution in [0.15, 0.2) is 85.0 Å². The van der Waals surface area contributed by atoms with Crippen LogP contribution in [-0.2, 0) is 20.8 Å². The Morgan fingerprint density at radius 1 is 1.08 bits per heavy atom. The fourth-order valence-electron chi connectivity index (χ4n) is 3.84. The first kappa shape index (κ1) is 25.2. The molecule has 8 heteroatoms. The van der Waals surface area contributed by atoms with E-state index in [0.29, 0.717) is 40.4 Å². The fourth-order valence-corrected chi connectivity index (χ4v) is 3.84. The smallest absolute Gasteiger partial charge is 0.282 e. The number of amides is 3. The molecule has 0 spiro atoms. The highest BCUT2D eigenvalue weighted by molar-refractivity contribution is 6.31. The molecule has 4 rings (SSSR count). The van der Waals surface area contributed by atoms with Gasteiger partial charge >= 0.3 is 0 Å². The average molecular weight is 498 g/mol. The lowest BCUT2D eigenvalue weighted by atomic mass is 10.0. The molecule has 3 aromatic carbocycles. The minimum absolute atomic E-state index is 0.0124. The van der Waals surface area contributed by atoms with Gasteiger partial charge in [-0.2, -0.15) is 0 Å². The third-order valence-electron chi connectivity index (χ3n) is 5.64. The third-order valence-corrected chi connectivity index (χ3v) is 5.64. The number of hydrazine groups is 1. The molecule has 0 unspecified atom stereocenters. The number of aryl methyl sites for hydroxylation is 1. The number of anilines is 2. The predicted octanol–water partition coefficient (Wildman–Crippen LogP) is 4.21. The van der Waals surface area contributed by atoms with Gasteiger partial charge in [0.1, 0.15) is 5.57 Å². The zero-order valence-electron chi connectivity index (χ0n) is 20.6. The molecule has 1 aliphatic heterocycles. The van der Waals surface area contributed by atoms with Crippen LogP contribution in [0.25, 0.3) is 6.08 Å². The number of carbonyl (C=O) groups excluding carboxylic acids is 3. The zero-order valence-corrected chi connectivity index (χ0v) is 20.6. The van der Waals surface area contributed by atoms with Crippen molar-refractivity contribution in [3.05, 3.63) is 102 Å². The third kappa shape index (κ3) is 5.87. The van der Waals surface area contributed by atoms with Crippen molar-refractivity contribution in [2.24, 2.45) is 0 Å². The molecule has 0 saturated carbocycles. The number of allylic oxidation sites excluding steroid dienone is 1. The highest BCUT2D eigenvalue weighted by atomic mass is 16.5. The van der Waals surface area contributed by atoms with Crippen molar-refractivity contribution in [3.63, 3.8) is 0 Å². The van der Waals surface area contributed by atoms with Gasteiger partial charge in [0.25, 0.3) is 17.7 Å². The van der Waals surface area contributed by atoms with Crippen molar-refractivity contribution in [1.82, 2.24) is 5.43 Å². The van der Waals surface area contributed by atoms with E-state index in [-0.39, 0.29) is 18.1 Å². The van der Waals surface area contributed by atoms with E-state index in [9.17, 15) is 14.4 Å². The van der Waals surface area contributed by atoms with E-state index in [4.69, 9.17) is 9.47 Å². The topological polar surface area (TPSA) is 97.0 Å². The lowest BCUT2D eigenvalue weighted by Gasteiger charge is -2.16. The second-order valence-corrected chi connectivity index (χ2v) is 8.38. The van der Waals surface area contributed by atoms with Gasteiger partial charge in [-0.05, 0) is 61.4 Å². The van der Waals surface area contributed by atoms with Gasteiger partial charge in [-0.3, -0.25) is 19.8 Å². The van der Waals surface area contributed by atoms with Crippen molar-refractivity contribution in [1.29, 1.82) is 0 Å². The summed E-state index contributed by atoms with van der Waals surface area (Å²) < 4.78 is 11.4. The van der Waals surface area contributed by atoms with Gasteiger partial charge in [0.05, 0.1) is 12.8 Å². The van der Waals surface area contributed by atoms with Gasteiger partial charge in [-0.25, -0.2) is 5.01 Å². The number of carbonyl (C=O) groups is 3. The highest BCUT2D eigenvalue weighted by Gasteiger charge is 2.34. The Hall–Kier alpha value is -4.85. The number of ether oxygens (including phenoxy) is 2. The number of nitrogens with zero attached hydrogens (tertiary/aromatic N) is 1. The van der Waals surface area contributed by atoms with E-state index in [1.807, 2.05) is 37.3 Å². The van der Waals surface area contributed by atoms with Crippen LogP contribution in [-0.4, -0.2) is 31.4 Å². The SMILES string of the molecule is C=CCc1cc(/C=C2/C(=O)NN(c3ccccc3)C2=O)cc(OC)c1OCC(=O)Nc1ccc(C)cc1. The van der Waals surface area contributed by atoms with Gasteiger partial charge < -0.3 is 14.8 Å². The molecule has 0 atom stereocenters. The molecule has 0 aromatic heterocycles. The summed E-state index contributed by atoms with van der Waals surface area (Å²) in [6, 6.07) is 19.7. The summed E-state index contributed by atoms with van der Waals surface area (Å²) in [6.45, 7) is 5.53. The van der Waals surface area contributed by atoms with Crippen LogP contribution in [0.1, 0.15) is 16.7 Å². The van der Waals surface area contributed by atoms with E-state index in [2.05, 4.69) is 17.3 Å². The number of rotatable bonds is 9. The molecular weight excluding hydrogens is 470 g/mol. The fraction of sp³-hybridized carbons (Fsp3) is 0.138. The first-order valence-corrected chi connectivity index (χ1v) is 11.6. The quantitative estimate of drug-likeness (QED) is 0.262. The van der Waals surface area contributed by atoms with Crippen LogP contribution in [0.4, 0.5) is 11.4 Å². The van der Waals surface area contributed by atoms with E-state index < -0.39 is 11.8 Å². The number of para-hydroxylation sites is 1. The second-order valence-electron chi connectivity index (χ2n) is 8.38. The van der Waals surface area contributed by atoms with Crippen LogP contribution in [0.5, 0.6) is 11.5 Å². The number of nitrogens with one attached hydrogen (secondary N) is 2. The molecule has 8 nitrogen and oxygen atoms in total. The van der Waals surface area contributed by atoms with Crippen LogP contribution in [0, 0.1) is 6.92 Å². The molecule has 0 bridgehead atoms. The number of hydrogen-bond donors (Lipinski definition) is 2. The van der Waals surface area contributed by atoms with Crippen molar-refractivity contribution in [2.45, 2.75) is 13.3 Å². The molecule has 2 N–H and O–H groups in total. The Balaban J connectivity index is 1.56. The standard InChI is InChI=1S/C29H27N3O5/c1-4-8-21-15-20(16-24-28(34)31-32(29(24)35)23-9-6-5-7-10-23)17-25(36-3)27(21)37-18-26(33)30-22-13-11-19(2)12-14-22/h4-7,9-17H,1,8,18H2,2-3H3,(H,30,33)(H,31,34)/b24-16-. The number of methoxy groups -OCH3 is 1. The Labute approximate surface area is 215 Å². The molecule has 1 heterocycles. The molecule has 1 aliphatic rings. The Morgan fingerprint density at radius 3 is 2.49 bits per heavy atom. The monoisotopic (exact) mass is 497 g/mol. The first-order chi connectivity index (χ1) is 17.9. The second kappa shape index (κ2) is 11.3. The summed E-state index contributed by atoms with van der Waals surface area (Å²) in [5, 5.41) is 4.00. The van der Waals surface area contributed by atoms with E-state index in [0.717, 1.165) is 5.56 Å². The predicted molar refractivity (Wildman–Crippen MR) is 142 cm³/mol. The zero-order chi connectivity index (χ0) is 26.4. The van der Waals surface area contributed by atoms with Gasteiger partial charge in [-0.15, -0.1) is 6.58 Å². The average Bonchev–Trinajstić information content (AvgIpc) is 3.18. The van der Waals surface area contributed by atoms with E-state index in [1.54, 1.807) is 42.5 Å². The molecule has 1 saturated heterocycles. The van der Waals surface area contributed by atoms with Crippen LogP contribution in [0.2, 0.25) is 0 Å². The van der Waals surface area contributed by atoms with Gasteiger partial charge in [0.2, 0.25) is 0 Å². The Morgan fingerprint density at radius 2 is 1.81 bits per heavy atom. The molecule has 0 aliphatic carbocycles. The lowest BCUT2D eigenvalue weighted by molar-refractivity contribution is -0.118. The van der Waals surface area contributed by atoms with Crippen LogP contribution >= 0.6 is 0 Å². The van der Waals surface area contributed by atoms with E-state index >= 15 is 0 Å². The summed E-state index contributed by atoms with van der Waals surface area (Å²) in [5.41, 5.74) is 6.15. The first-order valence-electron chi connectivity index (χ1n) is 11.6. The summed E-state index contributed by atoms with van der Waals surface area (Å²) in [7, 11) is 1.48. The summed E-state index contributed by atoms with van der Waals surface area (Å²) in [6.07, 6.45) is 3.61. The van der Waals surface area contributed by atoms with Gasteiger partial charge in [-0.1, -0.05) is 42.0 Å². The Bertz CT molecular complexity index is 1360. The van der Waals surface area contributed by atoms with Crippen molar-refractivity contribution in [3.8, 4) is 11.5 Å².